The summed E-state index contributed by atoms with van der Waals surface area (Å²) in [5.74, 6) is 1.47. The molecule has 0 aromatic heterocycles. The van der Waals surface area contributed by atoms with Crippen molar-refractivity contribution in [1.82, 2.24) is 0 Å². The Balaban J connectivity index is 2.14. The predicted octanol–water partition coefficient (Wildman–Crippen LogP) is 2.41. The molecule has 1 nitrogen and oxygen atoms in total. The number of rotatable bonds is 0. The quantitative estimate of drug-likeness (QED) is 0.579. The van der Waals surface area contributed by atoms with Crippen LogP contribution in [0.15, 0.2) is 0 Å². The number of halogens is 1. The van der Waals surface area contributed by atoms with Gasteiger partial charge in [-0.3, -0.25) is 0 Å². The average molecular weight is 189 g/mol. The Hall–Kier alpha value is 0.250. The van der Waals surface area contributed by atoms with E-state index < -0.39 is 5.60 Å². The molecular formula is C10H17ClO. The van der Waals surface area contributed by atoms with Crippen LogP contribution in [0, 0.1) is 17.3 Å². The number of hydrogen-bond acceptors (Lipinski definition) is 1. The lowest BCUT2D eigenvalue weighted by Crippen LogP contribution is -2.39. The zero-order chi connectivity index (χ0) is 9.15. The minimum absolute atomic E-state index is 0.0412. The summed E-state index contributed by atoms with van der Waals surface area (Å²) < 4.78 is 0. The third-order valence-electron chi connectivity index (χ3n) is 4.06. The number of alkyl halides is 1. The van der Waals surface area contributed by atoms with E-state index in [0.717, 1.165) is 18.8 Å². The summed E-state index contributed by atoms with van der Waals surface area (Å²) in [7, 11) is 0. The summed E-state index contributed by atoms with van der Waals surface area (Å²) in [6.07, 6.45) is 1.88. The van der Waals surface area contributed by atoms with E-state index in [1.807, 2.05) is 6.92 Å². The van der Waals surface area contributed by atoms with Crippen molar-refractivity contribution in [2.45, 2.75) is 44.6 Å². The third kappa shape index (κ3) is 1.03. The van der Waals surface area contributed by atoms with Gasteiger partial charge in [0, 0.05) is 0 Å². The minimum atomic E-state index is -0.628. The summed E-state index contributed by atoms with van der Waals surface area (Å²) in [4.78, 5) is 0. The highest BCUT2D eigenvalue weighted by atomic mass is 35.5. The van der Waals surface area contributed by atoms with Crippen molar-refractivity contribution in [3.05, 3.63) is 0 Å². The molecule has 12 heavy (non-hydrogen) atoms. The number of hydrogen-bond donors (Lipinski definition) is 1. The molecule has 70 valence electrons. The third-order valence-corrected chi connectivity index (χ3v) is 4.71. The number of fused-ring (bicyclic) bond motifs is 1. The fraction of sp³-hybridized carbons (Fsp3) is 1.00. The summed E-state index contributed by atoms with van der Waals surface area (Å²) in [5, 5.41) is 9.90. The summed E-state index contributed by atoms with van der Waals surface area (Å²) in [6, 6.07) is 0. The predicted molar refractivity (Wildman–Crippen MR) is 50.3 cm³/mol. The summed E-state index contributed by atoms with van der Waals surface area (Å²) in [6.45, 7) is 6.44. The van der Waals surface area contributed by atoms with E-state index in [9.17, 15) is 5.11 Å². The standard InChI is InChI=1S/C10H17ClO/c1-9(2)6-4-8(11)10(3,12)5-7(6)9/h6-8,12H,4-5H2,1-3H3/t6-,7+,8-,10-/m1/s1. The van der Waals surface area contributed by atoms with E-state index in [1.165, 1.54) is 0 Å². The van der Waals surface area contributed by atoms with E-state index in [-0.39, 0.29) is 5.38 Å². The molecule has 2 saturated carbocycles. The van der Waals surface area contributed by atoms with Gasteiger partial charge in [0.05, 0.1) is 11.0 Å². The lowest BCUT2D eigenvalue weighted by molar-refractivity contribution is 0.0221. The van der Waals surface area contributed by atoms with Crippen LogP contribution in [-0.2, 0) is 0 Å². The van der Waals surface area contributed by atoms with Gasteiger partial charge in [0.15, 0.2) is 0 Å². The molecule has 0 aromatic rings. The molecule has 2 aliphatic rings. The first-order valence-corrected chi connectivity index (χ1v) is 5.16. The van der Waals surface area contributed by atoms with Crippen LogP contribution in [0.5, 0.6) is 0 Å². The van der Waals surface area contributed by atoms with Crippen molar-refractivity contribution in [3.63, 3.8) is 0 Å². The Morgan fingerprint density at radius 3 is 2.33 bits per heavy atom. The number of aliphatic hydroxyl groups is 1. The second kappa shape index (κ2) is 2.19. The van der Waals surface area contributed by atoms with Crippen molar-refractivity contribution in [1.29, 1.82) is 0 Å². The molecule has 0 saturated heterocycles. The molecule has 0 radical (unpaired) electrons. The van der Waals surface area contributed by atoms with E-state index in [4.69, 9.17) is 11.6 Å². The second-order valence-electron chi connectivity index (χ2n) is 5.30. The lowest BCUT2D eigenvalue weighted by atomic mass is 9.86. The van der Waals surface area contributed by atoms with E-state index in [1.54, 1.807) is 0 Å². The van der Waals surface area contributed by atoms with Crippen LogP contribution in [-0.4, -0.2) is 16.1 Å². The van der Waals surface area contributed by atoms with Gasteiger partial charge in [0.1, 0.15) is 0 Å². The van der Waals surface area contributed by atoms with E-state index in [2.05, 4.69) is 13.8 Å². The van der Waals surface area contributed by atoms with E-state index in [0.29, 0.717) is 11.3 Å². The van der Waals surface area contributed by atoms with Gasteiger partial charge in [-0.1, -0.05) is 13.8 Å². The highest BCUT2D eigenvalue weighted by Gasteiger charge is 2.63. The van der Waals surface area contributed by atoms with Crippen LogP contribution < -0.4 is 0 Å². The minimum Gasteiger partial charge on any atom is -0.389 e. The molecule has 0 spiro atoms. The fourth-order valence-corrected chi connectivity index (χ4v) is 3.06. The van der Waals surface area contributed by atoms with Crippen molar-refractivity contribution < 1.29 is 5.11 Å². The molecule has 4 atom stereocenters. The molecule has 0 amide bonds. The lowest BCUT2D eigenvalue weighted by Gasteiger charge is -2.32. The van der Waals surface area contributed by atoms with Gasteiger partial charge >= 0.3 is 0 Å². The largest absolute Gasteiger partial charge is 0.389 e. The first-order chi connectivity index (χ1) is 5.36. The molecule has 2 fully saturated rings. The Morgan fingerprint density at radius 2 is 1.83 bits per heavy atom. The Morgan fingerprint density at radius 1 is 1.25 bits per heavy atom. The van der Waals surface area contributed by atoms with Gasteiger partial charge in [-0.05, 0) is 37.0 Å². The highest BCUT2D eigenvalue weighted by molar-refractivity contribution is 6.21. The van der Waals surface area contributed by atoms with Gasteiger partial charge in [-0.2, -0.15) is 0 Å². The summed E-state index contributed by atoms with van der Waals surface area (Å²) >= 11 is 6.11. The van der Waals surface area contributed by atoms with Gasteiger partial charge in [-0.15, -0.1) is 11.6 Å². The normalized spacial score (nSPS) is 56.2. The fourth-order valence-electron chi connectivity index (χ4n) is 2.78. The monoisotopic (exact) mass is 188 g/mol. The van der Waals surface area contributed by atoms with Gasteiger partial charge in [0.25, 0.3) is 0 Å². The molecule has 0 bridgehead atoms. The second-order valence-corrected chi connectivity index (χ2v) is 5.83. The van der Waals surface area contributed by atoms with E-state index >= 15 is 0 Å². The Bertz CT molecular complexity index is 210. The van der Waals surface area contributed by atoms with Crippen LogP contribution in [0.3, 0.4) is 0 Å². The molecular weight excluding hydrogens is 172 g/mol. The molecule has 2 rings (SSSR count). The Labute approximate surface area is 79.1 Å². The first-order valence-electron chi connectivity index (χ1n) is 4.72. The first kappa shape index (κ1) is 8.83. The summed E-state index contributed by atoms with van der Waals surface area (Å²) in [5.41, 5.74) is -0.190. The molecule has 1 N–H and O–H groups in total. The van der Waals surface area contributed by atoms with Gasteiger partial charge in [0.2, 0.25) is 0 Å². The molecule has 0 aliphatic heterocycles. The maximum Gasteiger partial charge on any atom is 0.0785 e. The molecule has 0 unspecified atom stereocenters. The highest BCUT2D eigenvalue weighted by Crippen LogP contribution is 2.66. The average Bonchev–Trinajstić information content (AvgIpc) is 2.37. The Kier molecular flexibility index (Phi) is 1.61. The zero-order valence-corrected chi connectivity index (χ0v) is 8.73. The zero-order valence-electron chi connectivity index (χ0n) is 7.97. The van der Waals surface area contributed by atoms with Crippen LogP contribution in [0.4, 0.5) is 0 Å². The van der Waals surface area contributed by atoms with Crippen LogP contribution in [0.25, 0.3) is 0 Å². The van der Waals surface area contributed by atoms with Crippen LogP contribution in [0.1, 0.15) is 33.6 Å². The van der Waals surface area contributed by atoms with Crippen molar-refractivity contribution in [2.75, 3.05) is 0 Å². The molecule has 0 heterocycles. The van der Waals surface area contributed by atoms with Crippen molar-refractivity contribution >= 4 is 11.6 Å². The van der Waals surface area contributed by atoms with Crippen LogP contribution in [0.2, 0.25) is 0 Å². The molecule has 0 aromatic carbocycles. The molecule has 2 heteroatoms. The smallest absolute Gasteiger partial charge is 0.0785 e. The topological polar surface area (TPSA) is 20.2 Å². The SMILES string of the molecule is CC1(C)[C@@H]2C[C@@H](Cl)[C@](C)(O)C[C@@H]21. The van der Waals surface area contributed by atoms with Crippen molar-refractivity contribution in [3.8, 4) is 0 Å². The van der Waals surface area contributed by atoms with Crippen molar-refractivity contribution in [2.24, 2.45) is 17.3 Å². The van der Waals surface area contributed by atoms with Gasteiger partial charge in [-0.25, -0.2) is 0 Å². The maximum absolute atomic E-state index is 9.94. The molecule has 2 aliphatic carbocycles. The van der Waals surface area contributed by atoms with Crippen LogP contribution >= 0.6 is 11.6 Å². The maximum atomic E-state index is 9.94. The van der Waals surface area contributed by atoms with Gasteiger partial charge < -0.3 is 5.11 Å².